The molecule has 1 unspecified atom stereocenters. The minimum Gasteiger partial charge on any atom is -0.332 e. The van der Waals surface area contributed by atoms with Gasteiger partial charge in [-0.3, -0.25) is 9.59 Å². The van der Waals surface area contributed by atoms with Crippen LogP contribution < -0.4 is 4.90 Å². The molecule has 1 aliphatic rings. The average Bonchev–Trinajstić information content (AvgIpc) is 3.14. The summed E-state index contributed by atoms with van der Waals surface area (Å²) in [7, 11) is 0. The van der Waals surface area contributed by atoms with Gasteiger partial charge in [0.05, 0.1) is 17.7 Å². The van der Waals surface area contributed by atoms with E-state index in [0.29, 0.717) is 30.6 Å². The van der Waals surface area contributed by atoms with Crippen LogP contribution in [0.3, 0.4) is 0 Å². The van der Waals surface area contributed by atoms with E-state index in [1.165, 1.54) is 0 Å². The lowest BCUT2D eigenvalue weighted by Crippen LogP contribution is -2.33. The summed E-state index contributed by atoms with van der Waals surface area (Å²) in [6, 6.07) is 16.6. The first-order valence-electron chi connectivity index (χ1n) is 9.26. The van der Waals surface area contributed by atoms with Crippen molar-refractivity contribution in [3.8, 4) is 6.07 Å². The summed E-state index contributed by atoms with van der Waals surface area (Å²) in [6.07, 6.45) is 1.42. The number of nitriles is 1. The van der Waals surface area contributed by atoms with E-state index in [2.05, 4.69) is 6.07 Å². The molecule has 1 aliphatic heterocycles. The fourth-order valence-corrected chi connectivity index (χ4v) is 3.50. The molecule has 2 aromatic carbocycles. The van der Waals surface area contributed by atoms with Crippen molar-refractivity contribution in [3.05, 3.63) is 65.2 Å². The molecule has 3 rings (SSSR count). The van der Waals surface area contributed by atoms with Crippen LogP contribution in [0.25, 0.3) is 0 Å². The summed E-state index contributed by atoms with van der Waals surface area (Å²) in [5.74, 6) is 0.0424. The number of nitrogens with zero attached hydrogens (tertiary/aromatic N) is 3. The Kier molecular flexibility index (Phi) is 5.56. The van der Waals surface area contributed by atoms with Crippen LogP contribution in [0.4, 0.5) is 5.69 Å². The van der Waals surface area contributed by atoms with Crippen LogP contribution in [-0.2, 0) is 4.79 Å². The number of amides is 2. The highest BCUT2D eigenvalue weighted by molar-refractivity contribution is 5.99. The topological polar surface area (TPSA) is 64.4 Å². The van der Waals surface area contributed by atoms with Gasteiger partial charge < -0.3 is 9.80 Å². The monoisotopic (exact) mass is 361 g/mol. The van der Waals surface area contributed by atoms with Crippen LogP contribution in [0.1, 0.15) is 54.2 Å². The van der Waals surface area contributed by atoms with Gasteiger partial charge in [0, 0.05) is 30.8 Å². The molecule has 1 saturated heterocycles. The van der Waals surface area contributed by atoms with Gasteiger partial charge in [-0.05, 0) is 56.2 Å². The van der Waals surface area contributed by atoms with E-state index in [1.807, 2.05) is 38.1 Å². The first kappa shape index (κ1) is 18.7. The summed E-state index contributed by atoms with van der Waals surface area (Å²) >= 11 is 0. The number of carbonyl (C=O) groups is 2. The normalized spacial score (nSPS) is 14.7. The molecule has 2 aromatic rings. The molecule has 27 heavy (non-hydrogen) atoms. The zero-order valence-electron chi connectivity index (χ0n) is 15.7. The Bertz CT molecular complexity index is 883. The van der Waals surface area contributed by atoms with Gasteiger partial charge in [-0.1, -0.05) is 18.2 Å². The molecule has 1 fully saturated rings. The zero-order chi connectivity index (χ0) is 19.4. The van der Waals surface area contributed by atoms with Gasteiger partial charge in [0.1, 0.15) is 0 Å². The lowest BCUT2D eigenvalue weighted by Gasteiger charge is -2.29. The molecule has 0 aliphatic carbocycles. The van der Waals surface area contributed by atoms with Gasteiger partial charge in [0.2, 0.25) is 5.91 Å². The van der Waals surface area contributed by atoms with Gasteiger partial charge in [0.25, 0.3) is 5.91 Å². The Morgan fingerprint density at radius 3 is 2.59 bits per heavy atom. The Balaban J connectivity index is 1.84. The molecule has 0 spiro atoms. The van der Waals surface area contributed by atoms with Crippen LogP contribution in [-0.4, -0.2) is 29.8 Å². The second-order valence-electron chi connectivity index (χ2n) is 6.70. The van der Waals surface area contributed by atoms with Crippen molar-refractivity contribution in [1.82, 2.24) is 4.90 Å². The summed E-state index contributed by atoms with van der Waals surface area (Å²) in [5, 5.41) is 8.95. The molecule has 138 valence electrons. The zero-order valence-corrected chi connectivity index (χ0v) is 15.7. The van der Waals surface area contributed by atoms with Crippen LogP contribution in [0.15, 0.2) is 48.5 Å². The predicted octanol–water partition coefficient (Wildman–Crippen LogP) is 3.91. The summed E-state index contributed by atoms with van der Waals surface area (Å²) in [4.78, 5) is 28.7. The molecule has 5 nitrogen and oxygen atoms in total. The number of benzene rings is 2. The maximum Gasteiger partial charge on any atom is 0.254 e. The second kappa shape index (κ2) is 8.05. The maximum absolute atomic E-state index is 13.1. The fourth-order valence-electron chi connectivity index (χ4n) is 3.50. The van der Waals surface area contributed by atoms with Crippen molar-refractivity contribution in [2.45, 2.75) is 32.7 Å². The van der Waals surface area contributed by atoms with E-state index >= 15 is 0 Å². The highest BCUT2D eigenvalue weighted by Gasteiger charge is 2.25. The van der Waals surface area contributed by atoms with E-state index < -0.39 is 0 Å². The molecular formula is C22H23N3O2. The predicted molar refractivity (Wildman–Crippen MR) is 104 cm³/mol. The van der Waals surface area contributed by atoms with E-state index in [0.717, 1.165) is 17.7 Å². The van der Waals surface area contributed by atoms with Gasteiger partial charge in [-0.2, -0.15) is 5.26 Å². The SMILES string of the molecule is CCN(C(=O)c1cccc(N2CCCC2=O)c1)C(C)c1ccc(C#N)cc1. The van der Waals surface area contributed by atoms with Crippen molar-refractivity contribution in [2.75, 3.05) is 18.0 Å². The minimum absolute atomic E-state index is 0.0668. The molecule has 0 bridgehead atoms. The lowest BCUT2D eigenvalue weighted by atomic mass is 10.0. The molecule has 1 heterocycles. The largest absolute Gasteiger partial charge is 0.332 e. The molecule has 5 heteroatoms. The highest BCUT2D eigenvalue weighted by Crippen LogP contribution is 2.26. The van der Waals surface area contributed by atoms with E-state index in [-0.39, 0.29) is 17.9 Å². The van der Waals surface area contributed by atoms with Crippen LogP contribution in [0, 0.1) is 11.3 Å². The summed E-state index contributed by atoms with van der Waals surface area (Å²) in [6.45, 7) is 5.20. The van der Waals surface area contributed by atoms with Crippen molar-refractivity contribution in [1.29, 1.82) is 5.26 Å². The number of carbonyl (C=O) groups excluding carboxylic acids is 2. The van der Waals surface area contributed by atoms with Gasteiger partial charge in [-0.25, -0.2) is 0 Å². The standard InChI is InChI=1S/C22H23N3O2/c1-3-24(16(2)18-11-9-17(15-23)10-12-18)22(27)19-6-4-7-20(14-19)25-13-5-8-21(25)26/h4,6-7,9-12,14,16H,3,5,8,13H2,1-2H3. The van der Waals surface area contributed by atoms with Gasteiger partial charge >= 0.3 is 0 Å². The molecule has 2 amide bonds. The third-order valence-corrected chi connectivity index (χ3v) is 5.07. The third-order valence-electron chi connectivity index (χ3n) is 5.07. The number of anilines is 1. The fraction of sp³-hybridized carbons (Fsp3) is 0.318. The molecule has 0 saturated carbocycles. The van der Waals surface area contributed by atoms with Crippen molar-refractivity contribution >= 4 is 17.5 Å². The molecule has 0 aromatic heterocycles. The first-order valence-corrected chi connectivity index (χ1v) is 9.26. The maximum atomic E-state index is 13.1. The molecule has 0 N–H and O–H groups in total. The highest BCUT2D eigenvalue weighted by atomic mass is 16.2. The minimum atomic E-state index is -0.118. The van der Waals surface area contributed by atoms with Crippen LogP contribution in [0.2, 0.25) is 0 Å². The second-order valence-corrected chi connectivity index (χ2v) is 6.70. The van der Waals surface area contributed by atoms with Crippen molar-refractivity contribution in [2.24, 2.45) is 0 Å². The average molecular weight is 361 g/mol. The van der Waals surface area contributed by atoms with Crippen molar-refractivity contribution in [3.63, 3.8) is 0 Å². The number of hydrogen-bond donors (Lipinski definition) is 0. The molecule has 0 radical (unpaired) electrons. The van der Waals surface area contributed by atoms with E-state index in [9.17, 15) is 9.59 Å². The quantitative estimate of drug-likeness (QED) is 0.811. The molecular weight excluding hydrogens is 338 g/mol. The summed E-state index contributed by atoms with van der Waals surface area (Å²) in [5.41, 5.74) is 2.94. The van der Waals surface area contributed by atoms with E-state index in [1.54, 1.807) is 34.1 Å². The Morgan fingerprint density at radius 1 is 1.26 bits per heavy atom. The van der Waals surface area contributed by atoms with Crippen molar-refractivity contribution < 1.29 is 9.59 Å². The number of hydrogen-bond acceptors (Lipinski definition) is 3. The number of rotatable bonds is 5. The Morgan fingerprint density at radius 2 is 2.00 bits per heavy atom. The lowest BCUT2D eigenvalue weighted by molar-refractivity contribution is -0.117. The Hall–Kier alpha value is -3.13. The first-order chi connectivity index (χ1) is 13.0. The third kappa shape index (κ3) is 3.85. The molecule has 1 atom stereocenters. The van der Waals surface area contributed by atoms with Crippen LogP contribution >= 0.6 is 0 Å². The van der Waals surface area contributed by atoms with Gasteiger partial charge in [0.15, 0.2) is 0 Å². The Labute approximate surface area is 159 Å². The smallest absolute Gasteiger partial charge is 0.254 e. The van der Waals surface area contributed by atoms with Gasteiger partial charge in [-0.15, -0.1) is 0 Å². The van der Waals surface area contributed by atoms with Crippen LogP contribution in [0.5, 0.6) is 0 Å². The van der Waals surface area contributed by atoms with E-state index in [4.69, 9.17) is 5.26 Å². The summed E-state index contributed by atoms with van der Waals surface area (Å²) < 4.78 is 0.